The lowest BCUT2D eigenvalue weighted by Crippen LogP contribution is -2.24. The summed E-state index contributed by atoms with van der Waals surface area (Å²) in [4.78, 5) is 18.2. The van der Waals surface area contributed by atoms with Gasteiger partial charge >= 0.3 is 0 Å². The Kier molecular flexibility index (Phi) is 7.06. The lowest BCUT2D eigenvalue weighted by atomic mass is 10.0. The van der Waals surface area contributed by atoms with Crippen molar-refractivity contribution in [3.63, 3.8) is 0 Å². The summed E-state index contributed by atoms with van der Waals surface area (Å²) in [5.74, 6) is 1.01. The van der Waals surface area contributed by atoms with Gasteiger partial charge in [-0.3, -0.25) is 4.79 Å². The second-order valence-corrected chi connectivity index (χ2v) is 8.02. The van der Waals surface area contributed by atoms with E-state index in [1.54, 1.807) is 0 Å². The van der Waals surface area contributed by atoms with Crippen LogP contribution in [0.3, 0.4) is 0 Å². The van der Waals surface area contributed by atoms with E-state index in [-0.39, 0.29) is 5.91 Å². The molecule has 0 saturated heterocycles. The van der Waals surface area contributed by atoms with Crippen LogP contribution in [0.5, 0.6) is 5.75 Å². The molecule has 0 saturated carbocycles. The van der Waals surface area contributed by atoms with E-state index in [1.807, 2.05) is 42.5 Å². The summed E-state index contributed by atoms with van der Waals surface area (Å²) >= 11 is 1.87. The number of rotatable bonds is 9. The Morgan fingerprint density at radius 2 is 2.08 bits per heavy atom. The zero-order chi connectivity index (χ0) is 18.2. The topological polar surface area (TPSA) is 51.2 Å². The van der Waals surface area contributed by atoms with Gasteiger partial charge < -0.3 is 10.1 Å². The Labute approximate surface area is 160 Å². The second-order valence-electron chi connectivity index (χ2n) is 6.86. The van der Waals surface area contributed by atoms with Gasteiger partial charge in [-0.05, 0) is 57.1 Å². The van der Waals surface area contributed by atoms with Gasteiger partial charge in [0.15, 0.2) is 0 Å². The van der Waals surface area contributed by atoms with Gasteiger partial charge in [-0.1, -0.05) is 18.2 Å². The summed E-state index contributed by atoms with van der Waals surface area (Å²) in [5, 5.41) is 4.24. The van der Waals surface area contributed by atoms with E-state index < -0.39 is 0 Å². The molecule has 140 valence electrons. The molecule has 0 aliphatic heterocycles. The molecule has 26 heavy (non-hydrogen) atoms. The van der Waals surface area contributed by atoms with Crippen molar-refractivity contribution in [2.45, 2.75) is 58.3 Å². The molecule has 0 bridgehead atoms. The summed E-state index contributed by atoms with van der Waals surface area (Å²) < 4.78 is 5.72. The fourth-order valence-corrected chi connectivity index (χ4v) is 4.40. The van der Waals surface area contributed by atoms with Gasteiger partial charge in [0.25, 0.3) is 0 Å². The molecule has 1 amide bonds. The predicted octanol–water partition coefficient (Wildman–Crippen LogP) is 4.24. The van der Waals surface area contributed by atoms with Gasteiger partial charge in [0, 0.05) is 24.3 Å². The van der Waals surface area contributed by atoms with Crippen LogP contribution in [-0.4, -0.2) is 24.0 Å². The van der Waals surface area contributed by atoms with Crippen LogP contribution in [0.4, 0.5) is 0 Å². The number of aryl methyl sites for hydroxylation is 4. The predicted molar refractivity (Wildman–Crippen MR) is 106 cm³/mol. The van der Waals surface area contributed by atoms with Crippen LogP contribution in [0.2, 0.25) is 0 Å². The maximum atomic E-state index is 11.9. The van der Waals surface area contributed by atoms with Crippen LogP contribution in [0.15, 0.2) is 24.3 Å². The molecule has 2 aromatic rings. The molecule has 0 spiro atoms. The van der Waals surface area contributed by atoms with E-state index in [0.717, 1.165) is 43.5 Å². The molecule has 0 atom stereocenters. The Bertz CT molecular complexity index is 703. The Morgan fingerprint density at radius 3 is 2.92 bits per heavy atom. The maximum Gasteiger partial charge on any atom is 0.220 e. The van der Waals surface area contributed by atoms with E-state index in [1.165, 1.54) is 34.8 Å². The maximum absolute atomic E-state index is 11.9. The monoisotopic (exact) mass is 372 g/mol. The summed E-state index contributed by atoms with van der Waals surface area (Å²) in [6.45, 7) is 3.32. The van der Waals surface area contributed by atoms with Gasteiger partial charge in [-0.2, -0.15) is 0 Å². The first kappa shape index (κ1) is 18.9. The minimum Gasteiger partial charge on any atom is -0.493 e. The normalized spacial score (nSPS) is 13.3. The highest BCUT2D eigenvalue weighted by molar-refractivity contribution is 7.11. The number of hydrogen-bond acceptors (Lipinski definition) is 4. The van der Waals surface area contributed by atoms with Crippen LogP contribution >= 0.6 is 11.3 Å². The van der Waals surface area contributed by atoms with E-state index in [4.69, 9.17) is 9.72 Å². The van der Waals surface area contributed by atoms with Gasteiger partial charge in [0.05, 0.1) is 17.3 Å². The van der Waals surface area contributed by atoms with E-state index in [0.29, 0.717) is 13.0 Å². The molecule has 0 fully saturated rings. The Hall–Kier alpha value is -1.88. The molecule has 4 nitrogen and oxygen atoms in total. The highest BCUT2D eigenvalue weighted by Gasteiger charge is 2.14. The van der Waals surface area contributed by atoms with Crippen molar-refractivity contribution in [2.75, 3.05) is 13.2 Å². The van der Waals surface area contributed by atoms with Gasteiger partial charge in [-0.15, -0.1) is 11.3 Å². The van der Waals surface area contributed by atoms with Gasteiger partial charge in [0.1, 0.15) is 5.75 Å². The quantitative estimate of drug-likeness (QED) is 0.670. The molecule has 0 unspecified atom stereocenters. The average molecular weight is 373 g/mol. The van der Waals surface area contributed by atoms with Crippen molar-refractivity contribution in [2.24, 2.45) is 0 Å². The molecular weight excluding hydrogens is 344 g/mol. The minimum absolute atomic E-state index is 0.108. The molecule has 1 heterocycles. The number of fused-ring (bicyclic) bond motifs is 1. The zero-order valence-electron chi connectivity index (χ0n) is 15.6. The molecule has 1 aromatic heterocycles. The number of carbonyl (C=O) groups is 1. The summed E-state index contributed by atoms with van der Waals surface area (Å²) in [6.07, 6.45) is 8.10. The van der Waals surface area contributed by atoms with Crippen LogP contribution in [0.25, 0.3) is 0 Å². The summed E-state index contributed by atoms with van der Waals surface area (Å²) in [7, 11) is 0. The lowest BCUT2D eigenvalue weighted by molar-refractivity contribution is -0.121. The number of amides is 1. The summed E-state index contributed by atoms with van der Waals surface area (Å²) in [6, 6.07) is 7.96. The molecule has 1 aliphatic carbocycles. The van der Waals surface area contributed by atoms with Gasteiger partial charge in [-0.25, -0.2) is 4.98 Å². The standard InChI is InChI=1S/C21H28N2O2S/c1-16-8-2-4-10-18(16)25-15-7-12-20(24)22-14-6-13-21-23-17-9-3-5-11-19(17)26-21/h2,4,8,10H,3,5-7,9,11-15H2,1H3,(H,22,24). The van der Waals surface area contributed by atoms with Crippen molar-refractivity contribution >= 4 is 17.2 Å². The molecule has 1 aliphatic rings. The van der Waals surface area contributed by atoms with E-state index >= 15 is 0 Å². The highest BCUT2D eigenvalue weighted by atomic mass is 32.1. The van der Waals surface area contributed by atoms with E-state index in [2.05, 4.69) is 5.32 Å². The fraction of sp³-hybridized carbons (Fsp3) is 0.524. The van der Waals surface area contributed by atoms with Crippen molar-refractivity contribution in [1.29, 1.82) is 0 Å². The third-order valence-electron chi connectivity index (χ3n) is 4.68. The number of nitrogens with zero attached hydrogens (tertiary/aromatic N) is 1. The van der Waals surface area contributed by atoms with Crippen molar-refractivity contribution in [3.05, 3.63) is 45.4 Å². The van der Waals surface area contributed by atoms with Crippen LogP contribution in [0, 0.1) is 6.92 Å². The van der Waals surface area contributed by atoms with Crippen molar-refractivity contribution in [3.8, 4) is 5.75 Å². The number of benzene rings is 1. The number of aromatic nitrogens is 1. The molecule has 0 radical (unpaired) electrons. The Morgan fingerprint density at radius 1 is 1.23 bits per heavy atom. The molecule has 1 N–H and O–H groups in total. The van der Waals surface area contributed by atoms with Crippen molar-refractivity contribution < 1.29 is 9.53 Å². The summed E-state index contributed by atoms with van der Waals surface area (Å²) in [5.41, 5.74) is 2.45. The second kappa shape index (κ2) is 9.72. The minimum atomic E-state index is 0.108. The van der Waals surface area contributed by atoms with E-state index in [9.17, 15) is 4.79 Å². The zero-order valence-corrected chi connectivity index (χ0v) is 16.4. The largest absolute Gasteiger partial charge is 0.493 e. The SMILES string of the molecule is Cc1ccccc1OCCCC(=O)NCCCc1nc2c(s1)CCCC2. The highest BCUT2D eigenvalue weighted by Crippen LogP contribution is 2.27. The molecule has 5 heteroatoms. The van der Waals surface area contributed by atoms with Gasteiger partial charge in [0.2, 0.25) is 5.91 Å². The number of carbonyl (C=O) groups excluding carboxylic acids is 1. The van der Waals surface area contributed by atoms with Crippen molar-refractivity contribution in [1.82, 2.24) is 10.3 Å². The van der Waals surface area contributed by atoms with Crippen LogP contribution < -0.4 is 10.1 Å². The first-order valence-electron chi connectivity index (χ1n) is 9.65. The first-order chi connectivity index (χ1) is 12.7. The first-order valence-corrected chi connectivity index (χ1v) is 10.5. The fourth-order valence-electron chi connectivity index (χ4n) is 3.20. The van der Waals surface area contributed by atoms with Crippen LogP contribution in [-0.2, 0) is 24.1 Å². The average Bonchev–Trinajstić information content (AvgIpc) is 3.06. The third-order valence-corrected chi connectivity index (χ3v) is 5.90. The molecular formula is C21H28N2O2S. The number of hydrogen-bond donors (Lipinski definition) is 1. The Balaban J connectivity index is 1.26. The third kappa shape index (κ3) is 5.56. The lowest BCUT2D eigenvalue weighted by Gasteiger charge is -2.08. The number of nitrogens with one attached hydrogen (secondary N) is 1. The number of para-hydroxylation sites is 1. The molecule has 1 aromatic carbocycles. The van der Waals surface area contributed by atoms with Crippen LogP contribution in [0.1, 0.15) is 53.2 Å². The number of ether oxygens (including phenoxy) is 1. The molecule has 3 rings (SSSR count). The number of thiazole rings is 1. The smallest absolute Gasteiger partial charge is 0.220 e.